The number of hydrogen-bond donors (Lipinski definition) is 1. The molecule has 2 heterocycles. The van der Waals surface area contributed by atoms with Crippen LogP contribution in [-0.4, -0.2) is 46.0 Å². The molecule has 0 radical (unpaired) electrons. The maximum atomic E-state index is 14.7. The normalized spacial score (nSPS) is 13.3. The molecule has 1 aliphatic rings. The lowest BCUT2D eigenvalue weighted by molar-refractivity contribution is 0.0744. The summed E-state index contributed by atoms with van der Waals surface area (Å²) in [6.07, 6.45) is 7.32. The highest BCUT2D eigenvalue weighted by Gasteiger charge is 2.30. The molecule has 1 saturated carbocycles. The molecular formula is C26H23ClF2N4O2. The van der Waals surface area contributed by atoms with E-state index in [4.69, 9.17) is 16.3 Å². The molecule has 1 amide bonds. The molecule has 5 rings (SSSR count). The van der Waals surface area contributed by atoms with E-state index in [-0.39, 0.29) is 27.9 Å². The third-order valence-electron chi connectivity index (χ3n) is 6.25. The van der Waals surface area contributed by atoms with E-state index < -0.39 is 11.6 Å². The van der Waals surface area contributed by atoms with E-state index in [1.807, 2.05) is 0 Å². The highest BCUT2D eigenvalue weighted by molar-refractivity contribution is 6.31. The Bertz CT molecular complexity index is 1400. The van der Waals surface area contributed by atoms with Crippen molar-refractivity contribution in [3.8, 4) is 17.0 Å². The highest BCUT2D eigenvalue weighted by atomic mass is 35.5. The first-order chi connectivity index (χ1) is 16.9. The van der Waals surface area contributed by atoms with E-state index in [2.05, 4.69) is 15.0 Å². The topological polar surface area (TPSA) is 71.1 Å². The minimum absolute atomic E-state index is 0.0498. The smallest absolute Gasteiger partial charge is 0.274 e. The lowest BCUT2D eigenvalue weighted by atomic mass is 10.1. The van der Waals surface area contributed by atoms with E-state index in [0.717, 1.165) is 23.8 Å². The zero-order valence-electron chi connectivity index (χ0n) is 19.0. The first-order valence-corrected chi connectivity index (χ1v) is 11.7. The number of halogens is 3. The van der Waals surface area contributed by atoms with Crippen LogP contribution in [0.15, 0.2) is 48.9 Å². The lowest BCUT2D eigenvalue weighted by Crippen LogP contribution is -2.35. The predicted octanol–water partition coefficient (Wildman–Crippen LogP) is 5.66. The Morgan fingerprint density at radius 2 is 1.97 bits per heavy atom. The molecule has 1 fully saturated rings. The van der Waals surface area contributed by atoms with Crippen LogP contribution in [0.2, 0.25) is 5.02 Å². The van der Waals surface area contributed by atoms with Crippen molar-refractivity contribution in [2.75, 3.05) is 20.2 Å². The van der Waals surface area contributed by atoms with Crippen molar-refractivity contribution in [3.63, 3.8) is 0 Å². The van der Waals surface area contributed by atoms with Crippen molar-refractivity contribution in [3.05, 3.63) is 76.8 Å². The van der Waals surface area contributed by atoms with Gasteiger partial charge in [0.25, 0.3) is 5.91 Å². The fourth-order valence-corrected chi connectivity index (χ4v) is 4.34. The van der Waals surface area contributed by atoms with Crippen molar-refractivity contribution in [1.82, 2.24) is 19.9 Å². The van der Waals surface area contributed by atoms with Crippen LogP contribution in [0.4, 0.5) is 8.78 Å². The van der Waals surface area contributed by atoms with E-state index in [0.29, 0.717) is 36.7 Å². The molecule has 0 atom stereocenters. The Kier molecular flexibility index (Phi) is 6.38. The Hall–Kier alpha value is -3.52. The Morgan fingerprint density at radius 3 is 2.74 bits per heavy atom. The quantitative estimate of drug-likeness (QED) is 0.341. The van der Waals surface area contributed by atoms with Crippen molar-refractivity contribution in [1.29, 1.82) is 0 Å². The van der Waals surface area contributed by atoms with Gasteiger partial charge in [0, 0.05) is 48.1 Å². The van der Waals surface area contributed by atoms with Gasteiger partial charge in [-0.2, -0.15) is 0 Å². The minimum atomic E-state index is -0.517. The Balaban J connectivity index is 1.44. The van der Waals surface area contributed by atoms with Crippen molar-refractivity contribution in [2.45, 2.75) is 19.3 Å². The largest absolute Gasteiger partial charge is 0.497 e. The van der Waals surface area contributed by atoms with Crippen LogP contribution in [0.25, 0.3) is 22.2 Å². The monoisotopic (exact) mass is 496 g/mol. The second-order valence-corrected chi connectivity index (χ2v) is 9.08. The third-order valence-corrected chi connectivity index (χ3v) is 6.54. The number of hydrogen-bond acceptors (Lipinski definition) is 4. The van der Waals surface area contributed by atoms with E-state index in [1.54, 1.807) is 17.2 Å². The summed E-state index contributed by atoms with van der Waals surface area (Å²) in [5.41, 5.74) is 1.98. The average molecular weight is 497 g/mol. The number of methoxy groups -OCH3 is 1. The summed E-state index contributed by atoms with van der Waals surface area (Å²) < 4.78 is 33.8. The van der Waals surface area contributed by atoms with Gasteiger partial charge in [0.2, 0.25) is 0 Å². The number of fused-ring (bicyclic) bond motifs is 1. The summed E-state index contributed by atoms with van der Waals surface area (Å²) in [4.78, 5) is 27.1. The van der Waals surface area contributed by atoms with Gasteiger partial charge in [0.1, 0.15) is 23.1 Å². The van der Waals surface area contributed by atoms with Gasteiger partial charge in [-0.1, -0.05) is 11.6 Å². The molecule has 0 saturated heterocycles. The summed E-state index contributed by atoms with van der Waals surface area (Å²) in [5.74, 6) is -0.435. The zero-order valence-corrected chi connectivity index (χ0v) is 19.8. The number of ether oxygens (including phenoxy) is 1. The summed E-state index contributed by atoms with van der Waals surface area (Å²) in [6.45, 7) is 0.987. The molecular weight excluding hydrogens is 474 g/mol. The van der Waals surface area contributed by atoms with Crippen LogP contribution < -0.4 is 4.74 Å². The molecule has 4 aromatic rings. The lowest BCUT2D eigenvalue weighted by Gasteiger charge is -2.23. The fourth-order valence-electron chi connectivity index (χ4n) is 4.18. The molecule has 0 unspecified atom stereocenters. The van der Waals surface area contributed by atoms with Gasteiger partial charge < -0.3 is 14.6 Å². The molecule has 0 aliphatic heterocycles. The molecule has 2 aromatic heterocycles. The third kappa shape index (κ3) is 4.84. The summed E-state index contributed by atoms with van der Waals surface area (Å²) >= 11 is 5.99. The summed E-state index contributed by atoms with van der Waals surface area (Å²) in [7, 11) is 1.49. The number of H-pyrrole nitrogens is 1. The van der Waals surface area contributed by atoms with Crippen LogP contribution in [-0.2, 0) is 6.42 Å². The number of aromatic amines is 1. The molecule has 35 heavy (non-hydrogen) atoms. The first kappa shape index (κ1) is 23.2. The second kappa shape index (κ2) is 9.62. The van der Waals surface area contributed by atoms with Crippen LogP contribution in [0.1, 0.15) is 28.9 Å². The van der Waals surface area contributed by atoms with Gasteiger partial charge >= 0.3 is 0 Å². The van der Waals surface area contributed by atoms with Crippen molar-refractivity contribution < 1.29 is 18.3 Å². The fraction of sp³-hybridized carbons (Fsp3) is 0.269. The summed E-state index contributed by atoms with van der Waals surface area (Å²) in [5, 5.41) is 0.864. The molecule has 9 heteroatoms. The standard InChI is InChI=1S/C26H23ClF2N4O2/c1-35-17-4-5-21(28)19(10-17)24-25(31-8-7-30-24)26(34)33(14-15-2-3-15)9-6-16-13-32-23-12-22(29)20(27)11-18(16)23/h4-5,7-8,10-13,15,32H,2-3,6,9,14H2,1H3. The number of carbonyl (C=O) groups excluding carboxylic acids is 1. The van der Waals surface area contributed by atoms with Gasteiger partial charge in [0.05, 0.1) is 12.1 Å². The second-order valence-electron chi connectivity index (χ2n) is 8.67. The van der Waals surface area contributed by atoms with E-state index >= 15 is 0 Å². The van der Waals surface area contributed by atoms with Crippen LogP contribution >= 0.6 is 11.6 Å². The van der Waals surface area contributed by atoms with Gasteiger partial charge in [-0.3, -0.25) is 9.78 Å². The number of amides is 1. The number of carbonyl (C=O) groups is 1. The number of benzene rings is 2. The van der Waals surface area contributed by atoms with Gasteiger partial charge in [-0.15, -0.1) is 0 Å². The number of nitrogens with one attached hydrogen (secondary N) is 1. The number of nitrogens with zero attached hydrogens (tertiary/aromatic N) is 3. The maximum Gasteiger partial charge on any atom is 0.274 e. The first-order valence-electron chi connectivity index (χ1n) is 11.3. The predicted molar refractivity (Wildman–Crippen MR) is 130 cm³/mol. The molecule has 6 nitrogen and oxygen atoms in total. The molecule has 1 aliphatic carbocycles. The zero-order chi connectivity index (χ0) is 24.5. The van der Waals surface area contributed by atoms with Crippen molar-refractivity contribution >= 4 is 28.4 Å². The van der Waals surface area contributed by atoms with Crippen LogP contribution in [0.3, 0.4) is 0 Å². The van der Waals surface area contributed by atoms with Gasteiger partial charge in [0.15, 0.2) is 5.69 Å². The van der Waals surface area contributed by atoms with Crippen LogP contribution in [0.5, 0.6) is 5.75 Å². The molecule has 180 valence electrons. The number of rotatable bonds is 8. The van der Waals surface area contributed by atoms with Crippen LogP contribution in [0, 0.1) is 17.6 Å². The average Bonchev–Trinajstić information content (AvgIpc) is 3.61. The molecule has 0 spiro atoms. The Morgan fingerprint density at radius 1 is 1.17 bits per heavy atom. The summed E-state index contributed by atoms with van der Waals surface area (Å²) in [6, 6.07) is 7.26. The highest BCUT2D eigenvalue weighted by Crippen LogP contribution is 2.32. The Labute approximate surface area is 205 Å². The SMILES string of the molecule is COc1ccc(F)c(-c2nccnc2C(=O)N(CCc2c[nH]c3cc(F)c(Cl)cc23)CC2CC2)c1. The number of aromatic nitrogens is 3. The van der Waals surface area contributed by atoms with E-state index in [1.165, 1.54) is 43.8 Å². The van der Waals surface area contributed by atoms with Gasteiger partial charge in [-0.25, -0.2) is 13.8 Å². The van der Waals surface area contributed by atoms with Crippen molar-refractivity contribution in [2.24, 2.45) is 5.92 Å². The molecule has 0 bridgehead atoms. The maximum absolute atomic E-state index is 14.7. The molecule has 1 N–H and O–H groups in total. The van der Waals surface area contributed by atoms with E-state index in [9.17, 15) is 13.6 Å². The van der Waals surface area contributed by atoms with Gasteiger partial charge in [-0.05, 0) is 61.1 Å². The molecule has 2 aromatic carbocycles. The minimum Gasteiger partial charge on any atom is -0.497 e.